The molecule has 4 rings (SSSR count). The highest BCUT2D eigenvalue weighted by Crippen LogP contribution is 2.27. The molecule has 0 radical (unpaired) electrons. The van der Waals surface area contributed by atoms with Crippen molar-refractivity contribution in [2.75, 3.05) is 24.0 Å². The second-order valence-electron chi connectivity index (χ2n) is 7.98. The molecule has 0 saturated carbocycles. The number of aryl methyl sites for hydroxylation is 1. The summed E-state index contributed by atoms with van der Waals surface area (Å²) in [4.78, 5) is 13.0. The molecule has 0 spiro atoms. The predicted molar refractivity (Wildman–Crippen MR) is 139 cm³/mol. The molecule has 1 N–H and O–H groups in total. The van der Waals surface area contributed by atoms with Crippen molar-refractivity contribution in [3.05, 3.63) is 103 Å². The van der Waals surface area contributed by atoms with Crippen LogP contribution in [0.15, 0.2) is 102 Å². The van der Waals surface area contributed by atoms with E-state index in [4.69, 9.17) is 4.74 Å². The maximum Gasteiger partial charge on any atom is 0.264 e. The van der Waals surface area contributed by atoms with Crippen LogP contribution < -0.4 is 14.4 Å². The Kier molecular flexibility index (Phi) is 7.67. The van der Waals surface area contributed by atoms with E-state index in [0.29, 0.717) is 12.1 Å². The Labute approximate surface area is 206 Å². The van der Waals surface area contributed by atoms with Gasteiger partial charge in [0.05, 0.1) is 17.1 Å². The van der Waals surface area contributed by atoms with Crippen molar-refractivity contribution in [1.29, 1.82) is 0 Å². The van der Waals surface area contributed by atoms with Crippen LogP contribution >= 0.6 is 0 Å². The molecule has 7 heteroatoms. The van der Waals surface area contributed by atoms with Crippen LogP contribution in [-0.2, 0) is 21.2 Å². The first-order valence-electron chi connectivity index (χ1n) is 11.5. The number of para-hydroxylation sites is 1. The van der Waals surface area contributed by atoms with E-state index < -0.39 is 15.9 Å². The second kappa shape index (κ2) is 11.1. The monoisotopic (exact) mass is 488 g/mol. The van der Waals surface area contributed by atoms with E-state index in [-0.39, 0.29) is 24.6 Å². The van der Waals surface area contributed by atoms with Crippen LogP contribution in [0.5, 0.6) is 5.75 Å². The summed E-state index contributed by atoms with van der Waals surface area (Å²) < 4.78 is 34.1. The zero-order valence-electron chi connectivity index (χ0n) is 19.6. The number of hydrogen-bond donors (Lipinski definition) is 1. The number of sulfonamides is 1. The van der Waals surface area contributed by atoms with E-state index >= 15 is 0 Å². The van der Waals surface area contributed by atoms with Crippen LogP contribution in [0, 0.1) is 0 Å². The number of fused-ring (bicyclic) bond motifs is 1. The van der Waals surface area contributed by atoms with E-state index in [9.17, 15) is 13.2 Å². The van der Waals surface area contributed by atoms with Crippen LogP contribution in [0.4, 0.5) is 5.69 Å². The van der Waals surface area contributed by atoms with Gasteiger partial charge in [-0.15, -0.1) is 0 Å². The number of nitrogens with zero attached hydrogens (tertiary/aromatic N) is 1. The van der Waals surface area contributed by atoms with E-state index in [1.165, 1.54) is 16.4 Å². The maximum atomic E-state index is 13.5. The third-order valence-electron chi connectivity index (χ3n) is 5.69. The predicted octanol–water partition coefficient (Wildman–Crippen LogP) is 4.79. The lowest BCUT2D eigenvalue weighted by Crippen LogP contribution is -2.42. The molecule has 0 unspecified atom stereocenters. The minimum atomic E-state index is -3.94. The minimum Gasteiger partial charge on any atom is -0.491 e. The average molecular weight is 489 g/mol. The summed E-state index contributed by atoms with van der Waals surface area (Å²) in [5, 5.41) is 4.86. The van der Waals surface area contributed by atoms with Crippen molar-refractivity contribution in [3.63, 3.8) is 0 Å². The summed E-state index contributed by atoms with van der Waals surface area (Å²) in [6.07, 6.45) is 0.636. The highest BCUT2D eigenvalue weighted by molar-refractivity contribution is 7.92. The Morgan fingerprint density at radius 1 is 0.857 bits per heavy atom. The zero-order chi connectivity index (χ0) is 24.7. The largest absolute Gasteiger partial charge is 0.491 e. The van der Waals surface area contributed by atoms with Gasteiger partial charge in [-0.2, -0.15) is 0 Å². The summed E-state index contributed by atoms with van der Waals surface area (Å²) >= 11 is 0. The number of benzene rings is 4. The van der Waals surface area contributed by atoms with Crippen molar-refractivity contribution in [3.8, 4) is 5.75 Å². The quantitative estimate of drug-likeness (QED) is 0.326. The van der Waals surface area contributed by atoms with E-state index in [2.05, 4.69) is 5.32 Å². The van der Waals surface area contributed by atoms with Gasteiger partial charge in [-0.05, 0) is 41.6 Å². The average Bonchev–Trinajstić information content (AvgIpc) is 2.90. The lowest BCUT2D eigenvalue weighted by atomic mass is 10.1. The Morgan fingerprint density at radius 3 is 2.34 bits per heavy atom. The fourth-order valence-corrected chi connectivity index (χ4v) is 5.41. The fraction of sp³-hybridized carbons (Fsp3) is 0.179. The summed E-state index contributed by atoms with van der Waals surface area (Å²) in [6, 6.07) is 29.2. The van der Waals surface area contributed by atoms with Crippen molar-refractivity contribution in [2.24, 2.45) is 0 Å². The van der Waals surface area contributed by atoms with Gasteiger partial charge in [-0.3, -0.25) is 9.10 Å². The first kappa shape index (κ1) is 24.3. The highest BCUT2D eigenvalue weighted by Gasteiger charge is 2.28. The molecule has 1 amide bonds. The van der Waals surface area contributed by atoms with Gasteiger partial charge in [-0.25, -0.2) is 8.42 Å². The number of carbonyl (C=O) groups is 1. The summed E-state index contributed by atoms with van der Waals surface area (Å²) in [5.41, 5.74) is 1.35. The molecule has 0 aliphatic heterocycles. The Bertz CT molecular complexity index is 1400. The first-order valence-corrected chi connectivity index (χ1v) is 13.0. The molecule has 0 fully saturated rings. The Hall–Kier alpha value is -3.84. The SMILES string of the molecule is CCc1ccccc1N(CC(=O)NCCOc1cccc2ccccc12)S(=O)(=O)c1ccccc1. The summed E-state index contributed by atoms with van der Waals surface area (Å²) in [6.45, 7) is 2.13. The number of amides is 1. The van der Waals surface area contributed by atoms with Gasteiger partial charge in [0.1, 0.15) is 18.9 Å². The van der Waals surface area contributed by atoms with Crippen molar-refractivity contribution in [2.45, 2.75) is 18.2 Å². The van der Waals surface area contributed by atoms with Gasteiger partial charge < -0.3 is 10.1 Å². The van der Waals surface area contributed by atoms with Crippen LogP contribution in [0.1, 0.15) is 12.5 Å². The highest BCUT2D eigenvalue weighted by atomic mass is 32.2. The molecule has 6 nitrogen and oxygen atoms in total. The fourth-order valence-electron chi connectivity index (χ4n) is 3.93. The number of carbonyl (C=O) groups excluding carboxylic acids is 1. The number of anilines is 1. The van der Waals surface area contributed by atoms with Crippen LogP contribution in [-0.4, -0.2) is 34.0 Å². The van der Waals surface area contributed by atoms with E-state index in [0.717, 1.165) is 22.1 Å². The lowest BCUT2D eigenvalue weighted by Gasteiger charge is -2.26. The number of hydrogen-bond acceptors (Lipinski definition) is 4. The van der Waals surface area contributed by atoms with Gasteiger partial charge in [0.2, 0.25) is 5.91 Å². The second-order valence-corrected chi connectivity index (χ2v) is 9.85. The standard InChI is InChI=1S/C28H28N2O4S/c1-2-22-11-7-9-17-26(22)30(35(32,33)24-14-4-3-5-15-24)21-28(31)29-19-20-34-27-18-10-13-23-12-6-8-16-25(23)27/h3-18H,2,19-21H2,1H3,(H,29,31). The molecule has 0 atom stereocenters. The smallest absolute Gasteiger partial charge is 0.264 e. The maximum absolute atomic E-state index is 13.5. The molecule has 0 heterocycles. The number of ether oxygens (including phenoxy) is 1. The normalized spacial score (nSPS) is 11.2. The van der Waals surface area contributed by atoms with Crippen molar-refractivity contribution < 1.29 is 17.9 Å². The van der Waals surface area contributed by atoms with E-state index in [1.54, 1.807) is 30.3 Å². The third kappa shape index (κ3) is 5.63. The summed E-state index contributed by atoms with van der Waals surface area (Å²) in [7, 11) is -3.94. The van der Waals surface area contributed by atoms with Gasteiger partial charge in [0, 0.05) is 5.39 Å². The van der Waals surface area contributed by atoms with E-state index in [1.807, 2.05) is 61.5 Å². The molecular formula is C28H28N2O4S. The van der Waals surface area contributed by atoms with Gasteiger partial charge >= 0.3 is 0 Å². The molecule has 0 bridgehead atoms. The van der Waals surface area contributed by atoms with Crippen molar-refractivity contribution in [1.82, 2.24) is 5.32 Å². The van der Waals surface area contributed by atoms with Gasteiger partial charge in [0.25, 0.3) is 10.0 Å². The molecule has 0 aliphatic rings. The molecule has 0 aromatic heterocycles. The molecule has 4 aromatic carbocycles. The van der Waals surface area contributed by atoms with Crippen LogP contribution in [0.2, 0.25) is 0 Å². The van der Waals surface area contributed by atoms with Gasteiger partial charge in [-0.1, -0.05) is 79.7 Å². The van der Waals surface area contributed by atoms with Crippen LogP contribution in [0.25, 0.3) is 10.8 Å². The molecule has 180 valence electrons. The lowest BCUT2D eigenvalue weighted by molar-refractivity contribution is -0.119. The molecule has 0 saturated heterocycles. The summed E-state index contributed by atoms with van der Waals surface area (Å²) in [5.74, 6) is 0.333. The van der Waals surface area contributed by atoms with Gasteiger partial charge in [0.15, 0.2) is 0 Å². The van der Waals surface area contributed by atoms with Crippen molar-refractivity contribution >= 4 is 32.4 Å². The topological polar surface area (TPSA) is 75.7 Å². The molecular weight excluding hydrogens is 460 g/mol. The Balaban J connectivity index is 1.46. The Morgan fingerprint density at radius 2 is 1.54 bits per heavy atom. The molecule has 4 aromatic rings. The zero-order valence-corrected chi connectivity index (χ0v) is 20.4. The number of nitrogens with one attached hydrogen (secondary N) is 1. The molecule has 0 aliphatic carbocycles. The number of rotatable bonds is 10. The minimum absolute atomic E-state index is 0.137. The van der Waals surface area contributed by atoms with Crippen LogP contribution in [0.3, 0.4) is 0 Å². The first-order chi connectivity index (χ1) is 17.0. The third-order valence-corrected chi connectivity index (χ3v) is 7.47. The molecule has 35 heavy (non-hydrogen) atoms.